The first kappa shape index (κ1) is 19.9. The first-order chi connectivity index (χ1) is 12.9. The number of ether oxygens (including phenoxy) is 2. The molecule has 2 aromatic rings. The first-order valence-electron chi connectivity index (χ1n) is 8.27. The van der Waals surface area contributed by atoms with Crippen molar-refractivity contribution in [3.63, 3.8) is 0 Å². The normalized spacial score (nSPS) is 10.6. The van der Waals surface area contributed by atoms with E-state index in [1.807, 2.05) is 13.8 Å². The Morgan fingerprint density at radius 2 is 1.85 bits per heavy atom. The number of carbonyl (C=O) groups is 1. The predicted molar refractivity (Wildman–Crippen MR) is 99.5 cm³/mol. The number of anilines is 1. The van der Waals surface area contributed by atoms with E-state index in [0.29, 0.717) is 30.3 Å². The average molecular weight is 374 g/mol. The zero-order chi connectivity index (χ0) is 19.8. The van der Waals surface area contributed by atoms with Gasteiger partial charge >= 0.3 is 5.69 Å². The van der Waals surface area contributed by atoms with Gasteiger partial charge in [-0.1, -0.05) is 6.07 Å². The molecule has 2 rings (SSSR count). The largest absolute Gasteiger partial charge is 0.490 e. The molecule has 0 aliphatic carbocycles. The van der Waals surface area contributed by atoms with Gasteiger partial charge in [-0.05, 0) is 49.8 Å². The summed E-state index contributed by atoms with van der Waals surface area (Å²) in [7, 11) is 0. The lowest BCUT2D eigenvalue weighted by atomic mass is 10.2. The fourth-order valence-corrected chi connectivity index (χ4v) is 2.26. The van der Waals surface area contributed by atoms with Crippen LogP contribution in [0.5, 0.6) is 11.5 Å². The van der Waals surface area contributed by atoms with Gasteiger partial charge in [0, 0.05) is 17.8 Å². The van der Waals surface area contributed by atoms with Crippen LogP contribution in [0.2, 0.25) is 0 Å². The molecular formula is C19H19FN2O5. The molecule has 0 aromatic heterocycles. The van der Waals surface area contributed by atoms with E-state index in [1.165, 1.54) is 12.1 Å². The number of nitrogens with one attached hydrogen (secondary N) is 1. The summed E-state index contributed by atoms with van der Waals surface area (Å²) < 4.78 is 24.3. The lowest BCUT2D eigenvalue weighted by Crippen LogP contribution is -2.08. The number of benzene rings is 2. The van der Waals surface area contributed by atoms with Crippen molar-refractivity contribution in [3.05, 3.63) is 64.0 Å². The van der Waals surface area contributed by atoms with Gasteiger partial charge in [0.05, 0.1) is 18.1 Å². The van der Waals surface area contributed by atoms with Crippen LogP contribution in [0.4, 0.5) is 15.8 Å². The number of carbonyl (C=O) groups excluding carboxylic acids is 1. The van der Waals surface area contributed by atoms with Gasteiger partial charge in [0.1, 0.15) is 0 Å². The summed E-state index contributed by atoms with van der Waals surface area (Å²) in [6.45, 7) is 4.69. The molecule has 0 bridgehead atoms. The summed E-state index contributed by atoms with van der Waals surface area (Å²) in [5.74, 6) is -0.301. The number of hydrogen-bond acceptors (Lipinski definition) is 5. The maximum Gasteiger partial charge on any atom is 0.306 e. The predicted octanol–water partition coefficient (Wildman–Crippen LogP) is 4.18. The highest BCUT2D eigenvalue weighted by molar-refractivity contribution is 6.02. The van der Waals surface area contributed by atoms with Crippen LogP contribution in [0.25, 0.3) is 6.08 Å². The summed E-state index contributed by atoms with van der Waals surface area (Å²) in [5.41, 5.74) is 0.131. The standard InChI is InChI=1S/C19H19FN2O5/c1-3-26-17-9-5-13(11-18(17)27-4-2)6-10-19(23)21-14-7-8-15(20)16(12-14)22(24)25/h5-12H,3-4H2,1-2H3,(H,21,23)/b10-6+. The molecule has 27 heavy (non-hydrogen) atoms. The third kappa shape index (κ3) is 5.53. The van der Waals surface area contributed by atoms with E-state index in [4.69, 9.17) is 9.47 Å². The van der Waals surface area contributed by atoms with Gasteiger partial charge in [-0.2, -0.15) is 4.39 Å². The molecule has 0 spiro atoms. The number of halogens is 1. The van der Waals surface area contributed by atoms with E-state index in [1.54, 1.807) is 24.3 Å². The number of nitrogens with zero attached hydrogens (tertiary/aromatic N) is 1. The van der Waals surface area contributed by atoms with Gasteiger partial charge < -0.3 is 14.8 Å². The minimum atomic E-state index is -0.966. The molecule has 1 N–H and O–H groups in total. The van der Waals surface area contributed by atoms with E-state index in [2.05, 4.69) is 5.32 Å². The molecule has 0 heterocycles. The third-order valence-corrected chi connectivity index (χ3v) is 3.40. The molecule has 7 nitrogen and oxygen atoms in total. The first-order valence-corrected chi connectivity index (χ1v) is 8.27. The summed E-state index contributed by atoms with van der Waals surface area (Å²) in [6, 6.07) is 8.39. The monoisotopic (exact) mass is 374 g/mol. The van der Waals surface area contributed by atoms with Crippen molar-refractivity contribution in [2.45, 2.75) is 13.8 Å². The molecule has 0 saturated heterocycles. The van der Waals surface area contributed by atoms with Gasteiger partial charge in [-0.15, -0.1) is 0 Å². The summed E-state index contributed by atoms with van der Waals surface area (Å²) >= 11 is 0. The fraction of sp³-hybridized carbons (Fsp3) is 0.211. The second-order valence-corrected chi connectivity index (χ2v) is 5.32. The Morgan fingerprint density at radius 1 is 1.15 bits per heavy atom. The minimum Gasteiger partial charge on any atom is -0.490 e. The van der Waals surface area contributed by atoms with Crippen molar-refractivity contribution in [1.29, 1.82) is 0 Å². The van der Waals surface area contributed by atoms with Crippen molar-refractivity contribution in [2.75, 3.05) is 18.5 Å². The summed E-state index contributed by atoms with van der Waals surface area (Å²) in [4.78, 5) is 21.9. The Hall–Kier alpha value is -3.42. The molecule has 0 fully saturated rings. The number of hydrogen-bond donors (Lipinski definition) is 1. The maximum absolute atomic E-state index is 13.3. The Morgan fingerprint density at radius 3 is 2.52 bits per heavy atom. The lowest BCUT2D eigenvalue weighted by Gasteiger charge is -2.11. The van der Waals surface area contributed by atoms with E-state index in [-0.39, 0.29) is 5.69 Å². The van der Waals surface area contributed by atoms with Crippen molar-refractivity contribution >= 4 is 23.4 Å². The van der Waals surface area contributed by atoms with Crippen LogP contribution < -0.4 is 14.8 Å². The van der Waals surface area contributed by atoms with Crippen LogP contribution in [-0.4, -0.2) is 24.0 Å². The molecule has 0 atom stereocenters. The number of amides is 1. The SMILES string of the molecule is CCOc1ccc(/C=C/C(=O)Nc2ccc(F)c([N+](=O)[O-])c2)cc1OCC. The van der Waals surface area contributed by atoms with Crippen LogP contribution >= 0.6 is 0 Å². The van der Waals surface area contributed by atoms with Gasteiger partial charge in [-0.3, -0.25) is 14.9 Å². The van der Waals surface area contributed by atoms with E-state index in [9.17, 15) is 19.3 Å². The van der Waals surface area contributed by atoms with Crippen molar-refractivity contribution < 1.29 is 23.6 Å². The molecule has 142 valence electrons. The van der Waals surface area contributed by atoms with Gasteiger partial charge in [0.25, 0.3) is 0 Å². The molecule has 0 aliphatic heterocycles. The summed E-state index contributed by atoms with van der Waals surface area (Å²) in [5, 5.41) is 13.2. The second-order valence-electron chi connectivity index (χ2n) is 5.32. The Kier molecular flexibility index (Phi) is 6.87. The average Bonchev–Trinajstić information content (AvgIpc) is 2.63. The molecule has 1 amide bonds. The van der Waals surface area contributed by atoms with Crippen molar-refractivity contribution in [1.82, 2.24) is 0 Å². The molecule has 0 aliphatic rings. The van der Waals surface area contributed by atoms with Gasteiger partial charge in [-0.25, -0.2) is 0 Å². The zero-order valence-electron chi connectivity index (χ0n) is 14.9. The minimum absolute atomic E-state index is 0.124. The van der Waals surface area contributed by atoms with Gasteiger partial charge in [0.15, 0.2) is 11.5 Å². The van der Waals surface area contributed by atoms with Crippen LogP contribution in [-0.2, 0) is 4.79 Å². The highest BCUT2D eigenvalue weighted by atomic mass is 19.1. The highest BCUT2D eigenvalue weighted by Crippen LogP contribution is 2.29. The molecule has 0 unspecified atom stereocenters. The fourth-order valence-electron chi connectivity index (χ4n) is 2.26. The Labute approximate surface area is 155 Å². The maximum atomic E-state index is 13.3. The molecule has 8 heteroatoms. The van der Waals surface area contributed by atoms with Crippen LogP contribution in [0.3, 0.4) is 0 Å². The van der Waals surface area contributed by atoms with Gasteiger partial charge in [0.2, 0.25) is 11.7 Å². The van der Waals surface area contributed by atoms with Crippen LogP contribution in [0.1, 0.15) is 19.4 Å². The van der Waals surface area contributed by atoms with Crippen LogP contribution in [0.15, 0.2) is 42.5 Å². The molecular weight excluding hydrogens is 355 g/mol. The van der Waals surface area contributed by atoms with E-state index >= 15 is 0 Å². The smallest absolute Gasteiger partial charge is 0.306 e. The Bertz CT molecular complexity index is 867. The number of nitro benzene ring substituents is 1. The van der Waals surface area contributed by atoms with Crippen LogP contribution in [0, 0.1) is 15.9 Å². The van der Waals surface area contributed by atoms with Crippen molar-refractivity contribution in [2.24, 2.45) is 0 Å². The Balaban J connectivity index is 2.11. The topological polar surface area (TPSA) is 90.7 Å². The lowest BCUT2D eigenvalue weighted by molar-refractivity contribution is -0.387. The number of rotatable bonds is 8. The quantitative estimate of drug-likeness (QED) is 0.425. The highest BCUT2D eigenvalue weighted by Gasteiger charge is 2.14. The molecule has 2 aromatic carbocycles. The zero-order valence-corrected chi connectivity index (χ0v) is 14.9. The molecule has 0 saturated carbocycles. The van der Waals surface area contributed by atoms with Crippen molar-refractivity contribution in [3.8, 4) is 11.5 Å². The van der Waals surface area contributed by atoms with E-state index < -0.39 is 22.3 Å². The molecule has 0 radical (unpaired) electrons. The van der Waals surface area contributed by atoms with E-state index in [0.717, 1.165) is 12.1 Å². The number of nitro groups is 1. The summed E-state index contributed by atoms with van der Waals surface area (Å²) in [6.07, 6.45) is 2.83. The second kappa shape index (κ2) is 9.33. The third-order valence-electron chi connectivity index (χ3n) is 3.40.